The molecule has 0 spiro atoms. The number of cyclic esters (lactones) is 1. The quantitative estimate of drug-likeness (QED) is 0.560. The highest BCUT2D eigenvalue weighted by molar-refractivity contribution is 6.33. The third-order valence-corrected chi connectivity index (χ3v) is 5.67. The van der Waals surface area contributed by atoms with Gasteiger partial charge in [-0.25, -0.2) is 9.18 Å². The first-order chi connectivity index (χ1) is 15.2. The van der Waals surface area contributed by atoms with E-state index in [1.165, 1.54) is 24.4 Å². The summed E-state index contributed by atoms with van der Waals surface area (Å²) in [5, 5.41) is 6.77. The molecule has 1 aliphatic heterocycles. The van der Waals surface area contributed by atoms with E-state index in [1.807, 2.05) is 26.1 Å². The summed E-state index contributed by atoms with van der Waals surface area (Å²) in [6.07, 6.45) is 2.02. The number of benzene rings is 1. The van der Waals surface area contributed by atoms with E-state index in [-0.39, 0.29) is 28.0 Å². The Hall–Kier alpha value is -3.46. The molecule has 2 aromatic heterocycles. The largest absolute Gasteiger partial charge is 0.419 e. The van der Waals surface area contributed by atoms with Gasteiger partial charge in [0.25, 0.3) is 11.5 Å². The second-order valence-electron chi connectivity index (χ2n) is 7.77. The van der Waals surface area contributed by atoms with Gasteiger partial charge in [-0.1, -0.05) is 25.4 Å². The maximum absolute atomic E-state index is 14.6. The number of aromatic nitrogens is 3. The van der Waals surface area contributed by atoms with Gasteiger partial charge in [-0.2, -0.15) is 5.10 Å². The summed E-state index contributed by atoms with van der Waals surface area (Å²) in [5.74, 6) is -2.00. The number of aryl methyl sites for hydroxylation is 1. The number of fused-ring (bicyclic) bond motifs is 1. The Bertz CT molecular complexity index is 1340. The number of imide groups is 1. The molecule has 1 fully saturated rings. The van der Waals surface area contributed by atoms with Crippen LogP contribution in [0.4, 0.5) is 9.18 Å². The number of carbonyl (C=O) groups excluding carboxylic acids is 2. The number of aromatic amines is 1. The lowest BCUT2D eigenvalue weighted by Gasteiger charge is -2.18. The van der Waals surface area contributed by atoms with Gasteiger partial charge < -0.3 is 9.72 Å². The fraction of sp³-hybridized carbons (Fsp3) is 0.273. The van der Waals surface area contributed by atoms with Gasteiger partial charge in [0.15, 0.2) is 5.76 Å². The summed E-state index contributed by atoms with van der Waals surface area (Å²) < 4.78 is 21.2. The summed E-state index contributed by atoms with van der Waals surface area (Å²) in [6, 6.07) is 4.51. The van der Waals surface area contributed by atoms with E-state index in [0.29, 0.717) is 23.0 Å². The maximum Gasteiger partial charge on any atom is 0.419 e. The van der Waals surface area contributed by atoms with Gasteiger partial charge >= 0.3 is 6.09 Å². The van der Waals surface area contributed by atoms with Crippen LogP contribution in [0, 0.1) is 11.7 Å². The first-order valence-corrected chi connectivity index (χ1v) is 10.4. The molecule has 1 saturated heterocycles. The molecule has 32 heavy (non-hydrogen) atoms. The smallest absolute Gasteiger partial charge is 0.404 e. The number of H-pyrrole nitrogens is 1. The molecule has 0 saturated carbocycles. The number of allylic oxidation sites excluding steroid dienone is 1. The highest BCUT2D eigenvalue weighted by Gasteiger charge is 2.29. The minimum Gasteiger partial charge on any atom is -0.404 e. The Labute approximate surface area is 187 Å². The lowest BCUT2D eigenvalue weighted by Crippen LogP contribution is -2.21. The van der Waals surface area contributed by atoms with Gasteiger partial charge in [0, 0.05) is 23.6 Å². The molecule has 4 rings (SSSR count). The summed E-state index contributed by atoms with van der Waals surface area (Å²) in [5.41, 5.74) is 1.10. The zero-order chi connectivity index (χ0) is 23.2. The molecule has 166 valence electrons. The first-order valence-electron chi connectivity index (χ1n) is 10.0. The number of ether oxygens (including phenoxy) is 1. The number of pyridine rings is 1. The molecule has 3 heterocycles. The van der Waals surface area contributed by atoms with Crippen LogP contribution in [0.3, 0.4) is 0 Å². The van der Waals surface area contributed by atoms with Crippen molar-refractivity contribution in [3.63, 3.8) is 0 Å². The van der Waals surface area contributed by atoms with Crippen LogP contribution in [0.15, 0.2) is 41.0 Å². The van der Waals surface area contributed by atoms with E-state index >= 15 is 0 Å². The highest BCUT2D eigenvalue weighted by atomic mass is 35.5. The van der Waals surface area contributed by atoms with E-state index in [2.05, 4.69) is 10.1 Å². The van der Waals surface area contributed by atoms with Crippen molar-refractivity contribution in [3.05, 3.63) is 63.0 Å². The van der Waals surface area contributed by atoms with Crippen molar-refractivity contribution in [1.82, 2.24) is 20.1 Å². The van der Waals surface area contributed by atoms with E-state index < -0.39 is 29.3 Å². The minimum absolute atomic E-state index is 0.120. The number of alkyl carbamates (subject to hydrolysis) is 1. The number of halogens is 2. The summed E-state index contributed by atoms with van der Waals surface area (Å²) in [7, 11) is 0. The molecule has 2 N–H and O–H groups in total. The molecule has 1 aliphatic rings. The Morgan fingerprint density at radius 2 is 2.00 bits per heavy atom. The fourth-order valence-corrected chi connectivity index (χ4v) is 4.02. The van der Waals surface area contributed by atoms with Crippen LogP contribution in [-0.4, -0.2) is 26.8 Å². The number of amides is 2. The van der Waals surface area contributed by atoms with E-state index in [9.17, 15) is 18.8 Å². The molecule has 3 aromatic rings. The topological polar surface area (TPSA) is 106 Å². The molecule has 1 atom stereocenters. The molecular formula is C22H20ClFN4O4. The Morgan fingerprint density at radius 3 is 2.62 bits per heavy atom. The Kier molecular flexibility index (Phi) is 5.60. The van der Waals surface area contributed by atoms with Crippen molar-refractivity contribution >= 4 is 34.5 Å². The molecule has 0 bridgehead atoms. The van der Waals surface area contributed by atoms with Gasteiger partial charge in [0.05, 0.1) is 27.8 Å². The normalized spacial score (nSPS) is 16.1. The number of carbonyl (C=O) groups is 2. The molecular weight excluding hydrogens is 439 g/mol. The van der Waals surface area contributed by atoms with Gasteiger partial charge in [-0.3, -0.25) is 19.6 Å². The van der Waals surface area contributed by atoms with E-state index in [0.717, 1.165) is 0 Å². The molecule has 1 unspecified atom stereocenters. The van der Waals surface area contributed by atoms with Crippen molar-refractivity contribution in [2.24, 2.45) is 5.92 Å². The van der Waals surface area contributed by atoms with Gasteiger partial charge in [-0.05, 0) is 37.1 Å². The minimum atomic E-state index is -0.866. The average Bonchev–Trinajstić information content (AvgIpc) is 3.29. The third kappa shape index (κ3) is 3.80. The number of nitrogens with zero attached hydrogens (tertiary/aromatic N) is 2. The molecule has 2 amide bonds. The predicted octanol–water partition coefficient (Wildman–Crippen LogP) is 4.09. The number of hydrogen-bond acceptors (Lipinski definition) is 5. The lowest BCUT2D eigenvalue weighted by atomic mass is 9.88. The second-order valence-corrected chi connectivity index (χ2v) is 8.18. The summed E-state index contributed by atoms with van der Waals surface area (Å²) in [4.78, 5) is 38.9. The summed E-state index contributed by atoms with van der Waals surface area (Å²) in [6.45, 7) is 6.15. The standard InChI is InChI=1S/C22H20ClFN4O4/c1-4-28-17-6-11(5-16(24)14(17)9-25-28)19-15(23)7-13(20(29)26-19)12(10(2)3)8-18-21(30)27-22(31)32-18/h5-10,12H,4H2,1-3H3,(H,26,29)(H,27,30,31). The number of rotatable bonds is 5. The predicted molar refractivity (Wildman–Crippen MR) is 117 cm³/mol. The van der Waals surface area contributed by atoms with Crippen LogP contribution in [-0.2, 0) is 16.1 Å². The Morgan fingerprint density at radius 1 is 1.25 bits per heavy atom. The van der Waals surface area contributed by atoms with Crippen LogP contribution >= 0.6 is 11.6 Å². The van der Waals surface area contributed by atoms with Crippen LogP contribution in [0.5, 0.6) is 0 Å². The summed E-state index contributed by atoms with van der Waals surface area (Å²) >= 11 is 6.50. The van der Waals surface area contributed by atoms with Crippen molar-refractivity contribution in [1.29, 1.82) is 0 Å². The third-order valence-electron chi connectivity index (χ3n) is 5.37. The zero-order valence-electron chi connectivity index (χ0n) is 17.5. The van der Waals surface area contributed by atoms with Gasteiger partial charge in [0.1, 0.15) is 5.82 Å². The second kappa shape index (κ2) is 8.23. The molecule has 8 nitrogen and oxygen atoms in total. The molecule has 1 aromatic carbocycles. The monoisotopic (exact) mass is 458 g/mol. The van der Waals surface area contributed by atoms with Gasteiger partial charge in [-0.15, -0.1) is 0 Å². The van der Waals surface area contributed by atoms with E-state index in [4.69, 9.17) is 16.3 Å². The highest BCUT2D eigenvalue weighted by Crippen LogP contribution is 2.33. The van der Waals surface area contributed by atoms with Crippen LogP contribution in [0.25, 0.3) is 22.2 Å². The van der Waals surface area contributed by atoms with Crippen molar-refractivity contribution in [2.75, 3.05) is 0 Å². The number of hydrogen-bond donors (Lipinski definition) is 2. The molecule has 0 radical (unpaired) electrons. The first kappa shape index (κ1) is 21.8. The zero-order valence-corrected chi connectivity index (χ0v) is 18.3. The van der Waals surface area contributed by atoms with Crippen molar-refractivity contribution in [2.45, 2.75) is 33.2 Å². The molecule has 10 heteroatoms. The average molecular weight is 459 g/mol. The molecule has 0 aliphatic carbocycles. The number of nitrogens with one attached hydrogen (secondary N) is 2. The van der Waals surface area contributed by atoms with Crippen molar-refractivity contribution in [3.8, 4) is 11.3 Å². The van der Waals surface area contributed by atoms with E-state index in [1.54, 1.807) is 10.7 Å². The van der Waals surface area contributed by atoms with Crippen molar-refractivity contribution < 1.29 is 18.7 Å². The van der Waals surface area contributed by atoms with Crippen LogP contribution in [0.2, 0.25) is 5.02 Å². The fourth-order valence-electron chi connectivity index (χ4n) is 3.75. The van der Waals surface area contributed by atoms with Crippen LogP contribution in [0.1, 0.15) is 32.3 Å². The lowest BCUT2D eigenvalue weighted by molar-refractivity contribution is -0.116. The van der Waals surface area contributed by atoms with Gasteiger partial charge in [0.2, 0.25) is 0 Å². The maximum atomic E-state index is 14.6. The SMILES string of the molecule is CCn1ncc2c(F)cc(-c3[nH]c(=O)c(C(C=C4OC(=O)NC4=O)C(C)C)cc3Cl)cc21. The Balaban J connectivity index is 1.81. The van der Waals surface area contributed by atoms with Crippen LogP contribution < -0.4 is 10.9 Å².